The van der Waals surface area contributed by atoms with Gasteiger partial charge in [-0.25, -0.2) is 0 Å². The summed E-state index contributed by atoms with van der Waals surface area (Å²) >= 11 is 4.83. The van der Waals surface area contributed by atoms with Crippen molar-refractivity contribution in [3.63, 3.8) is 0 Å². The lowest BCUT2D eigenvalue weighted by Crippen LogP contribution is -2.05. The van der Waals surface area contributed by atoms with E-state index in [-0.39, 0.29) is 5.78 Å². The molecule has 0 saturated heterocycles. The molecule has 2 aromatic heterocycles. The van der Waals surface area contributed by atoms with E-state index in [0.717, 1.165) is 15.0 Å². The van der Waals surface area contributed by atoms with Crippen LogP contribution in [0.5, 0.6) is 0 Å². The lowest BCUT2D eigenvalue weighted by atomic mass is 10.2. The van der Waals surface area contributed by atoms with Gasteiger partial charge in [0, 0.05) is 16.7 Å². The van der Waals surface area contributed by atoms with Crippen LogP contribution in [0.15, 0.2) is 28.2 Å². The van der Waals surface area contributed by atoms with Crippen molar-refractivity contribution < 1.29 is 4.79 Å². The predicted octanol–water partition coefficient (Wildman–Crippen LogP) is 3.71. The van der Waals surface area contributed by atoms with Crippen molar-refractivity contribution >= 4 is 33.0 Å². The molecule has 0 amide bonds. The van der Waals surface area contributed by atoms with Crippen molar-refractivity contribution in [2.75, 3.05) is 0 Å². The molecule has 0 spiro atoms. The van der Waals surface area contributed by atoms with Crippen LogP contribution in [0.2, 0.25) is 0 Å². The summed E-state index contributed by atoms with van der Waals surface area (Å²) in [5.41, 5.74) is 0.823. The summed E-state index contributed by atoms with van der Waals surface area (Å²) < 4.78 is 2.74. The molecule has 2 heterocycles. The van der Waals surface area contributed by atoms with Crippen molar-refractivity contribution in [2.45, 2.75) is 26.3 Å². The Labute approximate surface area is 113 Å². The molecule has 90 valence electrons. The Hall–Kier alpha value is -0.940. The number of rotatable bonds is 4. The smallest absolute Gasteiger partial charge is 0.179 e. The van der Waals surface area contributed by atoms with Crippen LogP contribution in [-0.2, 0) is 6.42 Å². The lowest BCUT2D eigenvalue weighted by molar-refractivity contribution is 0.0995. The highest BCUT2D eigenvalue weighted by molar-refractivity contribution is 9.10. The Morgan fingerprint density at radius 3 is 2.82 bits per heavy atom. The molecular weight excluding hydrogens is 300 g/mol. The number of nitrogens with zero attached hydrogens (tertiary/aromatic N) is 2. The number of thiophene rings is 1. The molecule has 17 heavy (non-hydrogen) atoms. The van der Waals surface area contributed by atoms with Gasteiger partial charge in [-0.1, -0.05) is 0 Å². The SMILES string of the molecule is CC(C)n1ccc(CC(=O)c2sccc2Br)n1. The second kappa shape index (κ2) is 5.14. The first-order valence-corrected chi connectivity index (χ1v) is 7.05. The molecule has 0 aliphatic rings. The second-order valence-corrected chi connectivity index (χ2v) is 5.85. The van der Waals surface area contributed by atoms with E-state index < -0.39 is 0 Å². The van der Waals surface area contributed by atoms with E-state index >= 15 is 0 Å². The Kier molecular flexibility index (Phi) is 3.79. The van der Waals surface area contributed by atoms with Gasteiger partial charge in [0.1, 0.15) is 0 Å². The molecule has 5 heteroatoms. The van der Waals surface area contributed by atoms with E-state index in [4.69, 9.17) is 0 Å². The standard InChI is InChI=1S/C12H13BrN2OS/c1-8(2)15-5-3-9(14-15)7-11(16)12-10(13)4-6-17-12/h3-6,8H,7H2,1-2H3. The summed E-state index contributed by atoms with van der Waals surface area (Å²) in [6.45, 7) is 4.13. The summed E-state index contributed by atoms with van der Waals surface area (Å²) in [6, 6.07) is 4.12. The highest BCUT2D eigenvalue weighted by atomic mass is 79.9. The number of carbonyl (C=O) groups excluding carboxylic acids is 1. The average Bonchev–Trinajstić information content (AvgIpc) is 2.86. The first-order chi connectivity index (χ1) is 8.08. The molecular formula is C12H13BrN2OS. The fraction of sp³-hybridized carbons (Fsp3) is 0.333. The number of Topliss-reactive ketones (excluding diaryl/α,β-unsaturated/α-hetero) is 1. The molecule has 0 atom stereocenters. The molecule has 2 rings (SSSR count). The minimum absolute atomic E-state index is 0.112. The highest BCUT2D eigenvalue weighted by Crippen LogP contribution is 2.24. The first-order valence-electron chi connectivity index (χ1n) is 5.38. The van der Waals surface area contributed by atoms with Crippen molar-refractivity contribution in [3.8, 4) is 0 Å². The Bertz CT molecular complexity index is 530. The van der Waals surface area contributed by atoms with Crippen molar-refractivity contribution in [2.24, 2.45) is 0 Å². The van der Waals surface area contributed by atoms with E-state index in [1.165, 1.54) is 11.3 Å². The van der Waals surface area contributed by atoms with Crippen LogP contribution >= 0.6 is 27.3 Å². The minimum atomic E-state index is 0.112. The van der Waals surface area contributed by atoms with Gasteiger partial charge in [-0.05, 0) is 47.3 Å². The van der Waals surface area contributed by atoms with Crippen molar-refractivity contribution in [1.29, 1.82) is 0 Å². The number of halogens is 1. The van der Waals surface area contributed by atoms with Crippen LogP contribution in [0.3, 0.4) is 0 Å². The van der Waals surface area contributed by atoms with Crippen LogP contribution in [0, 0.1) is 0 Å². The Balaban J connectivity index is 2.11. The molecule has 0 N–H and O–H groups in total. The molecule has 3 nitrogen and oxygen atoms in total. The van der Waals surface area contributed by atoms with E-state index in [0.29, 0.717) is 12.5 Å². The van der Waals surface area contributed by atoms with Crippen LogP contribution in [-0.4, -0.2) is 15.6 Å². The predicted molar refractivity (Wildman–Crippen MR) is 72.7 cm³/mol. The number of hydrogen-bond donors (Lipinski definition) is 0. The third-order valence-electron chi connectivity index (χ3n) is 2.40. The van der Waals surface area contributed by atoms with Gasteiger partial charge in [0.15, 0.2) is 5.78 Å². The van der Waals surface area contributed by atoms with Gasteiger partial charge in [-0.15, -0.1) is 11.3 Å². The van der Waals surface area contributed by atoms with Gasteiger partial charge in [0.25, 0.3) is 0 Å². The zero-order chi connectivity index (χ0) is 12.4. The van der Waals surface area contributed by atoms with Crippen molar-refractivity contribution in [1.82, 2.24) is 9.78 Å². The lowest BCUT2D eigenvalue weighted by Gasteiger charge is -2.03. The van der Waals surface area contributed by atoms with Gasteiger partial charge in [-0.3, -0.25) is 9.48 Å². The molecule has 0 bridgehead atoms. The quantitative estimate of drug-likeness (QED) is 0.807. The molecule has 0 saturated carbocycles. The van der Waals surface area contributed by atoms with Gasteiger partial charge < -0.3 is 0 Å². The van der Waals surface area contributed by atoms with E-state index in [1.54, 1.807) is 0 Å². The highest BCUT2D eigenvalue weighted by Gasteiger charge is 2.14. The van der Waals surface area contributed by atoms with Crippen LogP contribution in [0.1, 0.15) is 35.3 Å². The minimum Gasteiger partial charge on any atom is -0.293 e. The molecule has 0 aliphatic heterocycles. The van der Waals surface area contributed by atoms with E-state index in [9.17, 15) is 4.79 Å². The maximum Gasteiger partial charge on any atom is 0.179 e. The zero-order valence-electron chi connectivity index (χ0n) is 9.68. The van der Waals surface area contributed by atoms with Crippen LogP contribution in [0.4, 0.5) is 0 Å². The maximum atomic E-state index is 12.0. The van der Waals surface area contributed by atoms with Gasteiger partial charge in [0.2, 0.25) is 0 Å². The molecule has 2 aromatic rings. The monoisotopic (exact) mass is 312 g/mol. The number of ketones is 1. The topological polar surface area (TPSA) is 34.9 Å². The van der Waals surface area contributed by atoms with Gasteiger partial charge >= 0.3 is 0 Å². The summed E-state index contributed by atoms with van der Waals surface area (Å²) in [5.74, 6) is 0.112. The molecule has 0 fully saturated rings. The van der Waals surface area contributed by atoms with E-state index in [2.05, 4.69) is 34.9 Å². The number of hydrogen-bond acceptors (Lipinski definition) is 3. The first kappa shape index (κ1) is 12.5. The van der Waals surface area contributed by atoms with Gasteiger partial charge in [0.05, 0.1) is 17.0 Å². The number of aromatic nitrogens is 2. The zero-order valence-corrected chi connectivity index (χ0v) is 12.1. The third kappa shape index (κ3) is 2.84. The maximum absolute atomic E-state index is 12.0. The third-order valence-corrected chi connectivity index (χ3v) is 4.28. The Morgan fingerprint density at radius 2 is 2.29 bits per heavy atom. The summed E-state index contributed by atoms with van der Waals surface area (Å²) in [7, 11) is 0. The second-order valence-electron chi connectivity index (χ2n) is 4.08. The fourth-order valence-electron chi connectivity index (χ4n) is 1.50. The largest absolute Gasteiger partial charge is 0.293 e. The molecule has 0 radical (unpaired) electrons. The summed E-state index contributed by atoms with van der Waals surface area (Å²) in [4.78, 5) is 12.8. The van der Waals surface area contributed by atoms with Crippen LogP contribution in [0.25, 0.3) is 0 Å². The van der Waals surface area contributed by atoms with Crippen molar-refractivity contribution in [3.05, 3.63) is 38.8 Å². The van der Waals surface area contributed by atoms with Crippen LogP contribution < -0.4 is 0 Å². The van der Waals surface area contributed by atoms with E-state index in [1.807, 2.05) is 28.4 Å². The fourth-order valence-corrected chi connectivity index (χ4v) is 3.03. The Morgan fingerprint density at radius 1 is 1.53 bits per heavy atom. The summed E-state index contributed by atoms with van der Waals surface area (Å²) in [5, 5.41) is 6.28. The van der Waals surface area contributed by atoms with Gasteiger partial charge in [-0.2, -0.15) is 5.10 Å². The normalized spacial score (nSPS) is 11.1. The molecule has 0 aliphatic carbocycles. The summed E-state index contributed by atoms with van der Waals surface area (Å²) in [6.07, 6.45) is 2.27. The average molecular weight is 313 g/mol. The molecule has 0 unspecified atom stereocenters. The number of carbonyl (C=O) groups is 1. The molecule has 0 aromatic carbocycles.